The Balaban J connectivity index is 2.69. The summed E-state index contributed by atoms with van der Waals surface area (Å²) in [5.41, 5.74) is 0.484. The van der Waals surface area contributed by atoms with Gasteiger partial charge in [-0.2, -0.15) is 0 Å². The minimum absolute atomic E-state index is 0.0438. The van der Waals surface area contributed by atoms with Gasteiger partial charge in [0.1, 0.15) is 0 Å². The fourth-order valence-corrected chi connectivity index (χ4v) is 2.35. The Labute approximate surface area is 127 Å². The fourth-order valence-electron chi connectivity index (χ4n) is 1.50. The number of rotatable bonds is 5. The monoisotopic (exact) mass is 344 g/mol. The first-order valence-corrected chi connectivity index (χ1v) is 7.20. The van der Waals surface area contributed by atoms with Crippen molar-refractivity contribution in [3.63, 3.8) is 0 Å². The Kier molecular flexibility index (Phi) is 6.37. The lowest BCUT2D eigenvalue weighted by Crippen LogP contribution is -2.38. The summed E-state index contributed by atoms with van der Waals surface area (Å²) < 4.78 is 0.859. The SMILES string of the molecule is CCCNC(=O)CN(C)C(=O)c1ccc(Br)cc1S. The highest BCUT2D eigenvalue weighted by Crippen LogP contribution is 2.20. The quantitative estimate of drug-likeness (QED) is 0.805. The number of benzene rings is 1. The van der Waals surface area contributed by atoms with Gasteiger partial charge in [-0.25, -0.2) is 0 Å². The number of thiol groups is 1. The molecule has 0 aliphatic carbocycles. The molecular formula is C13H17BrN2O2S. The molecule has 4 nitrogen and oxygen atoms in total. The number of carbonyl (C=O) groups excluding carboxylic acids is 2. The second-order valence-corrected chi connectivity index (χ2v) is 5.57. The molecule has 2 amide bonds. The van der Waals surface area contributed by atoms with Crippen LogP contribution >= 0.6 is 28.6 Å². The fraction of sp³-hybridized carbons (Fsp3) is 0.385. The molecule has 104 valence electrons. The Bertz CT molecular complexity index is 480. The van der Waals surface area contributed by atoms with Crippen LogP contribution in [0, 0.1) is 0 Å². The summed E-state index contributed by atoms with van der Waals surface area (Å²) >= 11 is 7.58. The summed E-state index contributed by atoms with van der Waals surface area (Å²) in [4.78, 5) is 25.7. The van der Waals surface area contributed by atoms with Crippen LogP contribution in [-0.2, 0) is 4.79 Å². The molecule has 19 heavy (non-hydrogen) atoms. The normalized spacial score (nSPS) is 10.1. The van der Waals surface area contributed by atoms with E-state index in [-0.39, 0.29) is 18.4 Å². The van der Waals surface area contributed by atoms with Crippen molar-refractivity contribution in [1.82, 2.24) is 10.2 Å². The highest BCUT2D eigenvalue weighted by atomic mass is 79.9. The lowest BCUT2D eigenvalue weighted by Gasteiger charge is -2.17. The molecule has 0 bridgehead atoms. The van der Waals surface area contributed by atoms with Crippen LogP contribution < -0.4 is 5.32 Å². The third-order valence-corrected chi connectivity index (χ3v) is 3.35. The molecular weight excluding hydrogens is 328 g/mol. The second kappa shape index (κ2) is 7.55. The number of hydrogen-bond acceptors (Lipinski definition) is 3. The van der Waals surface area contributed by atoms with E-state index in [1.165, 1.54) is 4.90 Å². The second-order valence-electron chi connectivity index (χ2n) is 4.17. The van der Waals surface area contributed by atoms with Gasteiger partial charge in [0.25, 0.3) is 5.91 Å². The number of nitrogens with one attached hydrogen (secondary N) is 1. The zero-order valence-electron chi connectivity index (χ0n) is 10.9. The van der Waals surface area contributed by atoms with E-state index in [4.69, 9.17) is 0 Å². The summed E-state index contributed by atoms with van der Waals surface area (Å²) in [6.45, 7) is 2.64. The van der Waals surface area contributed by atoms with Gasteiger partial charge in [0.15, 0.2) is 0 Å². The molecule has 1 N–H and O–H groups in total. The molecule has 0 heterocycles. The van der Waals surface area contributed by atoms with E-state index < -0.39 is 0 Å². The lowest BCUT2D eigenvalue weighted by atomic mass is 10.2. The van der Waals surface area contributed by atoms with Crippen molar-refractivity contribution in [3.05, 3.63) is 28.2 Å². The van der Waals surface area contributed by atoms with Gasteiger partial charge in [-0.1, -0.05) is 22.9 Å². The van der Waals surface area contributed by atoms with Crippen molar-refractivity contribution in [3.8, 4) is 0 Å². The van der Waals surface area contributed by atoms with Crippen LogP contribution in [0.1, 0.15) is 23.7 Å². The minimum Gasteiger partial charge on any atom is -0.355 e. The minimum atomic E-state index is -0.218. The first-order chi connectivity index (χ1) is 8.95. The predicted molar refractivity (Wildman–Crippen MR) is 81.7 cm³/mol. The lowest BCUT2D eigenvalue weighted by molar-refractivity contribution is -0.121. The van der Waals surface area contributed by atoms with Crippen LogP contribution in [0.25, 0.3) is 0 Å². The van der Waals surface area contributed by atoms with Crippen molar-refractivity contribution >= 4 is 40.4 Å². The number of carbonyl (C=O) groups is 2. The molecule has 0 saturated carbocycles. The summed E-state index contributed by atoms with van der Waals surface area (Å²) in [6, 6.07) is 5.22. The summed E-state index contributed by atoms with van der Waals surface area (Å²) in [5, 5.41) is 2.73. The van der Waals surface area contributed by atoms with E-state index in [1.54, 1.807) is 25.2 Å². The van der Waals surface area contributed by atoms with Gasteiger partial charge in [0, 0.05) is 23.0 Å². The molecule has 0 aliphatic rings. The van der Waals surface area contributed by atoms with Gasteiger partial charge in [0.2, 0.25) is 5.91 Å². The van der Waals surface area contributed by atoms with Crippen molar-refractivity contribution in [1.29, 1.82) is 0 Å². The highest BCUT2D eigenvalue weighted by molar-refractivity contribution is 9.10. The van der Waals surface area contributed by atoms with Crippen molar-refractivity contribution in [2.24, 2.45) is 0 Å². The number of amides is 2. The van der Waals surface area contributed by atoms with E-state index in [0.717, 1.165) is 10.9 Å². The van der Waals surface area contributed by atoms with E-state index in [9.17, 15) is 9.59 Å². The maximum absolute atomic E-state index is 12.2. The maximum atomic E-state index is 12.2. The van der Waals surface area contributed by atoms with Crippen LogP contribution in [0.3, 0.4) is 0 Å². The summed E-state index contributed by atoms with van der Waals surface area (Å²) in [6.07, 6.45) is 0.872. The molecule has 1 aromatic rings. The highest BCUT2D eigenvalue weighted by Gasteiger charge is 2.16. The Morgan fingerprint density at radius 1 is 1.42 bits per heavy atom. The van der Waals surface area contributed by atoms with E-state index in [2.05, 4.69) is 33.9 Å². The van der Waals surface area contributed by atoms with Gasteiger partial charge in [0.05, 0.1) is 12.1 Å². The number of likely N-dealkylation sites (N-methyl/N-ethyl adjacent to an activating group) is 1. The molecule has 1 rings (SSSR count). The molecule has 0 saturated heterocycles. The Hall–Kier alpha value is -1.01. The zero-order chi connectivity index (χ0) is 14.4. The van der Waals surface area contributed by atoms with Gasteiger partial charge in [-0.3, -0.25) is 9.59 Å². The van der Waals surface area contributed by atoms with E-state index >= 15 is 0 Å². The zero-order valence-corrected chi connectivity index (χ0v) is 13.4. The van der Waals surface area contributed by atoms with Gasteiger partial charge in [-0.05, 0) is 24.6 Å². The number of nitrogens with zero attached hydrogens (tertiary/aromatic N) is 1. The number of halogens is 1. The van der Waals surface area contributed by atoms with Gasteiger partial charge >= 0.3 is 0 Å². The molecule has 0 fully saturated rings. The first kappa shape index (κ1) is 16.0. The molecule has 0 aromatic heterocycles. The third-order valence-electron chi connectivity index (χ3n) is 2.49. The average Bonchev–Trinajstić information content (AvgIpc) is 2.35. The summed E-state index contributed by atoms with van der Waals surface area (Å²) in [7, 11) is 1.60. The van der Waals surface area contributed by atoms with Crippen molar-refractivity contribution < 1.29 is 9.59 Å². The van der Waals surface area contributed by atoms with Crippen LogP contribution in [-0.4, -0.2) is 36.9 Å². The van der Waals surface area contributed by atoms with Crippen molar-refractivity contribution in [2.75, 3.05) is 20.1 Å². The van der Waals surface area contributed by atoms with E-state index in [0.29, 0.717) is 17.0 Å². The molecule has 0 radical (unpaired) electrons. The smallest absolute Gasteiger partial charge is 0.255 e. The van der Waals surface area contributed by atoms with Gasteiger partial charge < -0.3 is 10.2 Å². The average molecular weight is 345 g/mol. The molecule has 6 heteroatoms. The first-order valence-electron chi connectivity index (χ1n) is 5.96. The van der Waals surface area contributed by atoms with E-state index in [1.807, 2.05) is 6.92 Å². The predicted octanol–water partition coefficient (Wildman–Crippen LogP) is 2.34. The summed E-state index contributed by atoms with van der Waals surface area (Å²) in [5.74, 6) is -0.375. The molecule has 0 spiro atoms. The molecule has 0 aliphatic heterocycles. The molecule has 0 atom stereocenters. The maximum Gasteiger partial charge on any atom is 0.255 e. The standard InChI is InChI=1S/C13H17BrN2O2S/c1-3-6-15-12(17)8-16(2)13(18)10-5-4-9(14)7-11(10)19/h4-5,7,19H,3,6,8H2,1-2H3,(H,15,17). The molecule has 0 unspecified atom stereocenters. The Morgan fingerprint density at radius 2 is 2.11 bits per heavy atom. The largest absolute Gasteiger partial charge is 0.355 e. The van der Waals surface area contributed by atoms with Crippen molar-refractivity contribution in [2.45, 2.75) is 18.2 Å². The van der Waals surface area contributed by atoms with Crippen LogP contribution in [0.5, 0.6) is 0 Å². The number of hydrogen-bond donors (Lipinski definition) is 2. The van der Waals surface area contributed by atoms with Crippen LogP contribution in [0.15, 0.2) is 27.6 Å². The Morgan fingerprint density at radius 3 is 2.68 bits per heavy atom. The topological polar surface area (TPSA) is 49.4 Å². The van der Waals surface area contributed by atoms with Crippen LogP contribution in [0.4, 0.5) is 0 Å². The van der Waals surface area contributed by atoms with Crippen LogP contribution in [0.2, 0.25) is 0 Å². The third kappa shape index (κ3) is 4.87. The molecule has 1 aromatic carbocycles. The van der Waals surface area contributed by atoms with Gasteiger partial charge in [-0.15, -0.1) is 12.6 Å².